The minimum atomic E-state index is -1.40. The van der Waals surface area contributed by atoms with Crippen LogP contribution in [0.5, 0.6) is 5.75 Å². The van der Waals surface area contributed by atoms with E-state index in [1.54, 1.807) is 29.2 Å². The molecule has 0 aliphatic carbocycles. The van der Waals surface area contributed by atoms with Gasteiger partial charge in [-0.2, -0.15) is 0 Å². The number of hydrogen-bond donors (Lipinski definition) is 12. The quantitative estimate of drug-likeness (QED) is 0.0213. The molecule has 436 valence electrons. The Hall–Kier alpha value is -8.00. The van der Waals surface area contributed by atoms with Crippen molar-refractivity contribution in [2.24, 2.45) is 39.0 Å². The molecule has 1 fully saturated rings. The van der Waals surface area contributed by atoms with Gasteiger partial charge >= 0.3 is 0 Å². The van der Waals surface area contributed by atoms with Crippen LogP contribution < -0.4 is 64.9 Å². The van der Waals surface area contributed by atoms with Crippen molar-refractivity contribution in [2.75, 3.05) is 57.8 Å². The first-order valence-electron chi connectivity index (χ1n) is 27.3. The SMILES string of the molecule is CC[C@H](C)[C@H](N)C(=O)N[C@@H](CCCCN)C(=O)N1CCN(c2ccc3ncn(CC(=O)N[C@@H](CCCNC(=N)N)C(=O)N[C@H](CC4=NCC=N4)C(=O)N[C@@H](Cc4ccc(O)cc4)C(=O)N[C@@H](CC(C)C)C(=O)NC)c(=O)c3c2)CC1. The van der Waals surface area contributed by atoms with Gasteiger partial charge in [-0.1, -0.05) is 46.2 Å². The molecule has 2 aliphatic rings. The Bertz CT molecular complexity index is 2760. The van der Waals surface area contributed by atoms with Crippen molar-refractivity contribution < 1.29 is 38.7 Å². The number of carbonyl (C=O) groups is 7. The predicted molar refractivity (Wildman–Crippen MR) is 305 cm³/mol. The summed E-state index contributed by atoms with van der Waals surface area (Å²) in [7, 11) is 1.45. The maximum atomic E-state index is 14.4. The number of phenolic OH excluding ortho intramolecular Hbond substituents is 1. The van der Waals surface area contributed by atoms with E-state index in [0.29, 0.717) is 81.6 Å². The molecule has 1 saturated heterocycles. The zero-order chi connectivity index (χ0) is 58.5. The van der Waals surface area contributed by atoms with Crippen molar-refractivity contribution in [1.29, 1.82) is 5.41 Å². The highest BCUT2D eigenvalue weighted by molar-refractivity contribution is 6.01. The van der Waals surface area contributed by atoms with Crippen molar-refractivity contribution in [1.82, 2.24) is 51.7 Å². The molecule has 26 heteroatoms. The predicted octanol–water partition coefficient (Wildman–Crippen LogP) is -1.15. The number of hydrogen-bond acceptors (Lipinski definition) is 16. The molecular weight excluding hydrogens is 1030 g/mol. The van der Waals surface area contributed by atoms with Gasteiger partial charge in [0.05, 0.1) is 29.8 Å². The fourth-order valence-corrected chi connectivity index (χ4v) is 9.20. The van der Waals surface area contributed by atoms with Gasteiger partial charge in [0.2, 0.25) is 41.4 Å². The molecule has 26 nitrogen and oxygen atoms in total. The topological polar surface area (TPSA) is 392 Å². The number of benzene rings is 2. The molecular formula is C54H81N17O9. The molecule has 0 spiro atoms. The number of aromatic nitrogens is 2. The van der Waals surface area contributed by atoms with Crippen LogP contribution in [-0.4, -0.2) is 168 Å². The molecule has 80 heavy (non-hydrogen) atoms. The Morgan fingerprint density at radius 1 is 0.775 bits per heavy atom. The van der Waals surface area contributed by atoms with Crippen LogP contribution in [0.4, 0.5) is 5.69 Å². The molecule has 0 saturated carbocycles. The van der Waals surface area contributed by atoms with Crippen LogP contribution in [0.3, 0.4) is 0 Å². The number of rotatable bonds is 30. The standard InChI is InChI=1S/C54H81N17O9/c1-6-33(4)46(56)51(78)65-40(10-7-8-18-55)53(80)70-24-22-69(23-25-70)35-14-17-38-37(28-35)52(79)71(31-63-38)30-45(73)64-39(11-9-19-62-54(57)58)48(75)68-43(29-44-60-20-21-61-44)50(77)67-42(27-34-12-15-36(72)16-13-34)49(76)66-41(26-32(2)3)47(74)59-5/h12-17,20,28,31-33,39-43,46,72H,6-11,18-19,21-27,29-30,55-56H2,1-5H3,(H,59,74)(H,64,73)(H,65,78)(H,66,76)(H,67,77)(H,68,75)(H4,57,58,62)/t33-,39-,40-,41-,42-,43+,46-/m0/s1. The second-order valence-corrected chi connectivity index (χ2v) is 20.6. The van der Waals surface area contributed by atoms with Gasteiger partial charge in [0.25, 0.3) is 5.56 Å². The van der Waals surface area contributed by atoms with E-state index in [4.69, 9.17) is 22.6 Å². The molecule has 0 unspecified atom stereocenters. The number of nitrogens with zero attached hydrogens (tertiary/aromatic N) is 6. The fraction of sp³-hybridized carbons (Fsp3) is 0.556. The van der Waals surface area contributed by atoms with Gasteiger partial charge in [-0.05, 0) is 92.8 Å². The van der Waals surface area contributed by atoms with Crippen molar-refractivity contribution in [3.8, 4) is 5.75 Å². The third kappa shape index (κ3) is 18.8. The number of guanidine groups is 1. The van der Waals surface area contributed by atoms with Crippen LogP contribution in [0.15, 0.2) is 63.6 Å². The summed E-state index contributed by atoms with van der Waals surface area (Å²) in [6, 6.07) is 4.78. The van der Waals surface area contributed by atoms with Crippen LogP contribution in [0.2, 0.25) is 0 Å². The van der Waals surface area contributed by atoms with Gasteiger partial charge < -0.3 is 69.3 Å². The molecule has 3 aromatic rings. The van der Waals surface area contributed by atoms with Gasteiger partial charge in [-0.25, -0.2) is 9.98 Å². The van der Waals surface area contributed by atoms with Crippen LogP contribution >= 0.6 is 0 Å². The second kappa shape index (κ2) is 31.0. The molecule has 5 rings (SSSR count). The van der Waals surface area contributed by atoms with E-state index in [1.807, 2.05) is 38.7 Å². The lowest BCUT2D eigenvalue weighted by Crippen LogP contribution is -2.59. The minimum absolute atomic E-state index is 0.0146. The Morgan fingerprint density at radius 3 is 2.02 bits per heavy atom. The molecule has 0 radical (unpaired) electrons. The number of amidine groups is 1. The minimum Gasteiger partial charge on any atom is -0.508 e. The summed E-state index contributed by atoms with van der Waals surface area (Å²) < 4.78 is 1.11. The summed E-state index contributed by atoms with van der Waals surface area (Å²) in [5.41, 5.74) is 18.5. The first-order chi connectivity index (χ1) is 38.2. The van der Waals surface area contributed by atoms with Crippen LogP contribution in [0.25, 0.3) is 10.9 Å². The number of piperazine rings is 1. The number of phenols is 1. The number of nitrogens with one attached hydrogen (secondary N) is 8. The first-order valence-corrected chi connectivity index (χ1v) is 27.3. The van der Waals surface area contributed by atoms with Gasteiger partial charge in [0.15, 0.2) is 5.96 Å². The molecule has 7 amide bonds. The highest BCUT2D eigenvalue weighted by atomic mass is 16.3. The van der Waals surface area contributed by atoms with Gasteiger partial charge in [-0.15, -0.1) is 0 Å². The first kappa shape index (κ1) is 62.8. The van der Waals surface area contributed by atoms with E-state index < -0.39 is 77.9 Å². The monoisotopic (exact) mass is 1110 g/mol. The van der Waals surface area contributed by atoms with Crippen LogP contribution in [0, 0.1) is 17.2 Å². The smallest absolute Gasteiger partial charge is 0.261 e. The van der Waals surface area contributed by atoms with Crippen molar-refractivity contribution in [2.45, 2.75) is 128 Å². The number of aliphatic imine (C=N–C) groups is 2. The van der Waals surface area contributed by atoms with E-state index in [0.717, 1.165) is 4.57 Å². The molecule has 0 bridgehead atoms. The van der Waals surface area contributed by atoms with E-state index in [1.165, 1.54) is 31.7 Å². The highest BCUT2D eigenvalue weighted by Gasteiger charge is 2.34. The van der Waals surface area contributed by atoms with Crippen molar-refractivity contribution >= 4 is 76.0 Å². The Morgan fingerprint density at radius 2 is 1.41 bits per heavy atom. The summed E-state index contributed by atoms with van der Waals surface area (Å²) >= 11 is 0. The summed E-state index contributed by atoms with van der Waals surface area (Å²) in [6.45, 7) is 9.46. The molecule has 3 heterocycles. The average Bonchev–Trinajstić information content (AvgIpc) is 3.98. The molecule has 7 atom stereocenters. The highest BCUT2D eigenvalue weighted by Crippen LogP contribution is 2.22. The largest absolute Gasteiger partial charge is 0.508 e. The van der Waals surface area contributed by atoms with Crippen LogP contribution in [0.1, 0.15) is 84.6 Å². The van der Waals surface area contributed by atoms with Crippen LogP contribution in [-0.2, 0) is 46.5 Å². The Labute approximate surface area is 465 Å². The molecule has 2 aliphatic heterocycles. The van der Waals surface area contributed by atoms with Crippen molar-refractivity contribution in [3.05, 3.63) is 64.7 Å². The van der Waals surface area contributed by atoms with E-state index in [-0.39, 0.29) is 85.4 Å². The lowest BCUT2D eigenvalue weighted by Gasteiger charge is -2.38. The number of anilines is 1. The maximum Gasteiger partial charge on any atom is 0.261 e. The van der Waals surface area contributed by atoms with Gasteiger partial charge in [-0.3, -0.25) is 53.3 Å². The lowest BCUT2D eigenvalue weighted by atomic mass is 9.98. The third-order valence-corrected chi connectivity index (χ3v) is 14.0. The zero-order valence-electron chi connectivity index (χ0n) is 46.5. The number of fused-ring (bicyclic) bond motifs is 1. The maximum absolute atomic E-state index is 14.4. The number of carbonyl (C=O) groups excluding carboxylic acids is 7. The third-order valence-electron chi connectivity index (χ3n) is 14.0. The average molecular weight is 1110 g/mol. The normalized spacial score (nSPS) is 15.8. The summed E-state index contributed by atoms with van der Waals surface area (Å²) in [4.78, 5) is 127. The van der Waals surface area contributed by atoms with Gasteiger partial charge in [0.1, 0.15) is 48.3 Å². The fourth-order valence-electron chi connectivity index (χ4n) is 9.20. The molecule has 1 aromatic heterocycles. The van der Waals surface area contributed by atoms with E-state index in [2.05, 4.69) is 52.2 Å². The zero-order valence-corrected chi connectivity index (χ0v) is 46.5. The van der Waals surface area contributed by atoms with E-state index in [9.17, 15) is 43.5 Å². The summed E-state index contributed by atoms with van der Waals surface area (Å²) in [6.07, 6.45) is 5.45. The molecule has 15 N–H and O–H groups in total. The number of nitrogens with two attached hydrogens (primary N) is 3. The Kier molecular flexibility index (Phi) is 24.3. The number of amides is 7. The van der Waals surface area contributed by atoms with Gasteiger partial charge in [0, 0.05) is 64.5 Å². The second-order valence-electron chi connectivity index (χ2n) is 20.6. The lowest BCUT2D eigenvalue weighted by molar-refractivity contribution is -0.137. The number of likely N-dealkylation sites (N-methyl/N-ethyl adjacent to an activating group) is 1. The van der Waals surface area contributed by atoms with E-state index >= 15 is 0 Å². The number of unbranched alkanes of at least 4 members (excludes halogenated alkanes) is 1. The van der Waals surface area contributed by atoms with Crippen molar-refractivity contribution in [3.63, 3.8) is 0 Å². The number of aromatic hydroxyl groups is 1. The Balaban J connectivity index is 1.32. The summed E-state index contributed by atoms with van der Waals surface area (Å²) in [5, 5.41) is 36.8. The molecule has 2 aromatic carbocycles. The summed E-state index contributed by atoms with van der Waals surface area (Å²) in [5.74, 6) is -4.18.